The van der Waals surface area contributed by atoms with Gasteiger partial charge in [0.05, 0.1) is 24.9 Å². The largest absolute Gasteiger partial charge is 0.467 e. The lowest BCUT2D eigenvalue weighted by Gasteiger charge is -2.22. The van der Waals surface area contributed by atoms with Crippen LogP contribution in [-0.4, -0.2) is 27.9 Å². The molecule has 3 aromatic rings. The van der Waals surface area contributed by atoms with E-state index in [9.17, 15) is 9.59 Å². The maximum absolute atomic E-state index is 13.3. The van der Waals surface area contributed by atoms with Gasteiger partial charge in [0.1, 0.15) is 11.8 Å². The number of carbonyl (C=O) groups excluding carboxylic acids is 2. The summed E-state index contributed by atoms with van der Waals surface area (Å²) in [5.74, 6) is 0.167. The van der Waals surface area contributed by atoms with Gasteiger partial charge >= 0.3 is 0 Å². The van der Waals surface area contributed by atoms with Gasteiger partial charge in [0, 0.05) is 10.2 Å². The van der Waals surface area contributed by atoms with Gasteiger partial charge in [-0.2, -0.15) is 0 Å². The molecule has 0 radical (unpaired) electrons. The van der Waals surface area contributed by atoms with E-state index < -0.39 is 6.04 Å². The van der Waals surface area contributed by atoms with Crippen LogP contribution in [0.2, 0.25) is 0 Å². The molecule has 1 fully saturated rings. The minimum absolute atomic E-state index is 0.0287. The quantitative estimate of drug-likeness (QED) is 0.520. The predicted octanol–water partition coefficient (Wildman–Crippen LogP) is 4.57. The first-order valence-electron chi connectivity index (χ1n) is 9.30. The maximum atomic E-state index is 13.3. The molecule has 6 nitrogen and oxygen atoms in total. The Balaban J connectivity index is 1.57. The topological polar surface area (TPSA) is 65.8 Å². The third-order valence-corrected chi connectivity index (χ3v) is 5.69. The summed E-state index contributed by atoms with van der Waals surface area (Å²) in [6.07, 6.45) is 1.54. The van der Waals surface area contributed by atoms with Gasteiger partial charge in [-0.3, -0.25) is 14.5 Å². The molecule has 0 aliphatic carbocycles. The number of rotatable bonds is 6. The van der Waals surface area contributed by atoms with E-state index in [4.69, 9.17) is 16.6 Å². The monoisotopic (exact) mass is 483 g/mol. The SMILES string of the molecule is O=C(CC1C(=O)N(c2ccccc2)C(=S)N1Cc1ccco1)Nc1ccc(Br)cc1. The minimum Gasteiger partial charge on any atom is -0.467 e. The van der Waals surface area contributed by atoms with E-state index in [1.165, 1.54) is 4.90 Å². The van der Waals surface area contributed by atoms with Crippen LogP contribution in [0.5, 0.6) is 0 Å². The lowest BCUT2D eigenvalue weighted by atomic mass is 10.1. The smallest absolute Gasteiger partial charge is 0.256 e. The molecule has 1 aromatic heterocycles. The molecule has 152 valence electrons. The lowest BCUT2D eigenvalue weighted by Crippen LogP contribution is -2.37. The molecule has 2 aromatic carbocycles. The number of furan rings is 1. The van der Waals surface area contributed by atoms with Crippen molar-refractivity contribution in [1.29, 1.82) is 0 Å². The highest BCUT2D eigenvalue weighted by Crippen LogP contribution is 2.29. The van der Waals surface area contributed by atoms with Crippen LogP contribution >= 0.6 is 28.1 Å². The molecule has 2 amide bonds. The minimum atomic E-state index is -0.724. The van der Waals surface area contributed by atoms with Crippen molar-refractivity contribution in [1.82, 2.24) is 4.90 Å². The first-order chi connectivity index (χ1) is 14.5. The molecule has 1 saturated heterocycles. The molecule has 1 aliphatic heterocycles. The number of benzene rings is 2. The third-order valence-electron chi connectivity index (χ3n) is 4.75. The van der Waals surface area contributed by atoms with E-state index in [-0.39, 0.29) is 18.2 Å². The first kappa shape index (κ1) is 20.3. The fourth-order valence-corrected chi connectivity index (χ4v) is 3.97. The highest BCUT2D eigenvalue weighted by molar-refractivity contribution is 9.10. The van der Waals surface area contributed by atoms with Crippen molar-refractivity contribution < 1.29 is 14.0 Å². The lowest BCUT2D eigenvalue weighted by molar-refractivity contribution is -0.124. The van der Waals surface area contributed by atoms with Gasteiger partial charge in [-0.25, -0.2) is 0 Å². The van der Waals surface area contributed by atoms with Gasteiger partial charge in [-0.1, -0.05) is 34.1 Å². The number of nitrogens with zero attached hydrogens (tertiary/aromatic N) is 2. The van der Waals surface area contributed by atoms with E-state index in [1.807, 2.05) is 48.5 Å². The van der Waals surface area contributed by atoms with Crippen molar-refractivity contribution >= 4 is 56.4 Å². The van der Waals surface area contributed by atoms with Gasteiger partial charge in [-0.05, 0) is 60.7 Å². The van der Waals surface area contributed by atoms with E-state index in [0.717, 1.165) is 4.47 Å². The molecule has 0 bridgehead atoms. The summed E-state index contributed by atoms with van der Waals surface area (Å²) in [5, 5.41) is 3.19. The van der Waals surface area contributed by atoms with E-state index in [0.29, 0.717) is 28.8 Å². The summed E-state index contributed by atoms with van der Waals surface area (Å²) < 4.78 is 6.36. The van der Waals surface area contributed by atoms with Crippen molar-refractivity contribution in [3.05, 3.63) is 83.2 Å². The standard InChI is InChI=1S/C22H18BrN3O3S/c23-15-8-10-16(11-9-15)24-20(27)13-19-21(28)26(17-5-2-1-3-6-17)22(30)25(19)14-18-7-4-12-29-18/h1-12,19H,13-14H2,(H,24,27). The van der Waals surface area contributed by atoms with E-state index in [1.54, 1.807) is 29.4 Å². The normalized spacial score (nSPS) is 16.2. The highest BCUT2D eigenvalue weighted by atomic mass is 79.9. The van der Waals surface area contributed by atoms with Crippen molar-refractivity contribution in [2.75, 3.05) is 10.2 Å². The molecule has 1 N–H and O–H groups in total. The molecule has 8 heteroatoms. The molecule has 1 atom stereocenters. The average Bonchev–Trinajstić information content (AvgIpc) is 3.33. The average molecular weight is 484 g/mol. The van der Waals surface area contributed by atoms with Crippen molar-refractivity contribution in [3.63, 3.8) is 0 Å². The molecular weight excluding hydrogens is 466 g/mol. The van der Waals surface area contributed by atoms with Crippen LogP contribution in [0.1, 0.15) is 12.2 Å². The van der Waals surface area contributed by atoms with Crippen LogP contribution in [0.3, 0.4) is 0 Å². The Morgan fingerprint density at radius 1 is 1.07 bits per heavy atom. The number of thiocarbonyl (C=S) groups is 1. The number of anilines is 2. The number of amides is 2. The number of hydrogen-bond donors (Lipinski definition) is 1. The second-order valence-corrected chi connectivity index (χ2v) is 8.05. The molecule has 1 aliphatic rings. The molecule has 1 unspecified atom stereocenters. The fraction of sp³-hybridized carbons (Fsp3) is 0.136. The van der Waals surface area contributed by atoms with Gasteiger partial charge in [0.25, 0.3) is 5.91 Å². The van der Waals surface area contributed by atoms with E-state index in [2.05, 4.69) is 21.2 Å². The summed E-state index contributed by atoms with van der Waals surface area (Å²) in [4.78, 5) is 29.2. The summed E-state index contributed by atoms with van der Waals surface area (Å²) >= 11 is 8.99. The van der Waals surface area contributed by atoms with Crippen molar-refractivity contribution in [3.8, 4) is 0 Å². The zero-order chi connectivity index (χ0) is 21.1. The zero-order valence-corrected chi connectivity index (χ0v) is 18.2. The van der Waals surface area contributed by atoms with Crippen LogP contribution in [0.25, 0.3) is 0 Å². The fourth-order valence-electron chi connectivity index (χ4n) is 3.32. The molecular formula is C22H18BrN3O3S. The summed E-state index contributed by atoms with van der Waals surface area (Å²) in [7, 11) is 0. The Labute approximate surface area is 187 Å². The molecule has 30 heavy (non-hydrogen) atoms. The Bertz CT molecular complexity index is 1060. The predicted molar refractivity (Wildman–Crippen MR) is 122 cm³/mol. The second-order valence-electron chi connectivity index (χ2n) is 6.77. The summed E-state index contributed by atoms with van der Waals surface area (Å²) in [5.41, 5.74) is 1.33. The van der Waals surface area contributed by atoms with Gasteiger partial charge in [-0.15, -0.1) is 0 Å². The van der Waals surface area contributed by atoms with Crippen LogP contribution in [0.4, 0.5) is 11.4 Å². The molecule has 0 saturated carbocycles. The van der Waals surface area contributed by atoms with Gasteiger partial charge in [0.2, 0.25) is 5.91 Å². The number of carbonyl (C=O) groups is 2. The highest BCUT2D eigenvalue weighted by Gasteiger charge is 2.44. The van der Waals surface area contributed by atoms with E-state index >= 15 is 0 Å². The zero-order valence-electron chi connectivity index (χ0n) is 15.8. The Hall–Kier alpha value is -2.97. The Kier molecular flexibility index (Phi) is 5.96. The molecule has 0 spiro atoms. The summed E-state index contributed by atoms with van der Waals surface area (Å²) in [6, 6.07) is 19.3. The van der Waals surface area contributed by atoms with Crippen LogP contribution in [0, 0.1) is 0 Å². The maximum Gasteiger partial charge on any atom is 0.256 e. The number of nitrogens with one attached hydrogen (secondary N) is 1. The summed E-state index contributed by atoms with van der Waals surface area (Å²) in [6.45, 7) is 0.303. The van der Waals surface area contributed by atoms with Gasteiger partial charge < -0.3 is 14.6 Å². The van der Waals surface area contributed by atoms with Crippen molar-refractivity contribution in [2.24, 2.45) is 0 Å². The Morgan fingerprint density at radius 3 is 2.47 bits per heavy atom. The third kappa shape index (κ3) is 4.29. The number of para-hydroxylation sites is 1. The van der Waals surface area contributed by atoms with Crippen LogP contribution in [-0.2, 0) is 16.1 Å². The molecule has 4 rings (SSSR count). The number of halogens is 1. The first-order valence-corrected chi connectivity index (χ1v) is 10.5. The molecule has 2 heterocycles. The van der Waals surface area contributed by atoms with Crippen LogP contribution < -0.4 is 10.2 Å². The Morgan fingerprint density at radius 2 is 1.80 bits per heavy atom. The van der Waals surface area contributed by atoms with Crippen LogP contribution in [0.15, 0.2) is 81.9 Å². The number of hydrogen-bond acceptors (Lipinski definition) is 4. The van der Waals surface area contributed by atoms with Gasteiger partial charge in [0.15, 0.2) is 5.11 Å². The second kappa shape index (κ2) is 8.81. The van der Waals surface area contributed by atoms with Crippen molar-refractivity contribution in [2.45, 2.75) is 19.0 Å².